The largest absolute Gasteiger partial charge is 0 e. The van der Waals surface area contributed by atoms with Crippen LogP contribution in [0.1, 0.15) is 41.5 Å². The van der Waals surface area contributed by atoms with E-state index >= 15 is 0 Å². The molecule has 2 aliphatic rings. The van der Waals surface area contributed by atoms with E-state index in [0.717, 1.165) is 0 Å². The number of hydrogen-bond acceptors (Lipinski definition) is 0. The monoisotopic (exact) mass is 571 g/mol. The van der Waals surface area contributed by atoms with Crippen LogP contribution in [0.5, 0.6) is 0 Å². The number of rotatable bonds is 0. The zero-order valence-corrected chi connectivity index (χ0v) is 22.9. The van der Waals surface area contributed by atoms with E-state index in [-0.39, 0.29) is 50.7 Å². The summed E-state index contributed by atoms with van der Waals surface area (Å²) in [6.45, 7) is 12.8. The second-order valence-corrected chi connectivity index (χ2v) is 7.82. The van der Waals surface area contributed by atoms with Crippen LogP contribution in [-0.4, -0.2) is 15.4 Å². The Morgan fingerprint density at radius 2 is 1.00 bits per heavy atom. The fraction of sp³-hybridized carbons (Fsp3) is 0.556. The molecule has 0 saturated carbocycles. The minimum Gasteiger partial charge on any atom is 0 e. The molecule has 22 heavy (non-hydrogen) atoms. The summed E-state index contributed by atoms with van der Waals surface area (Å²) in [6, 6.07) is 0. The van der Waals surface area contributed by atoms with E-state index in [1.165, 1.54) is 22.3 Å². The summed E-state index contributed by atoms with van der Waals surface area (Å²) >= 11 is 0.312. The molecule has 127 valence electrons. The summed E-state index contributed by atoms with van der Waals surface area (Å²) in [5, 5.41) is 0. The fourth-order valence-electron chi connectivity index (χ4n) is 1.99. The normalized spacial score (nSPS) is 20.9. The van der Waals surface area contributed by atoms with E-state index in [1.54, 1.807) is 0 Å². The van der Waals surface area contributed by atoms with Gasteiger partial charge in [-0.25, -0.2) is 22.3 Å². The molecule has 0 aromatic rings. The van der Waals surface area contributed by atoms with Crippen LogP contribution in [0.3, 0.4) is 0 Å². The molecule has 0 nitrogen and oxygen atoms in total. The van der Waals surface area contributed by atoms with Crippen LogP contribution < -0.4 is 0 Å². The third kappa shape index (κ3) is 13.4. The average Bonchev–Trinajstić information content (AvgIpc) is 2.72. The molecule has 0 N–H and O–H groups in total. The molecule has 0 aromatic heterocycles. The van der Waals surface area contributed by atoms with E-state index in [1.807, 2.05) is 0 Å². The molecule has 2 unspecified atom stereocenters. The Morgan fingerprint density at radius 3 is 1.05 bits per heavy atom. The van der Waals surface area contributed by atoms with Gasteiger partial charge >= 0.3 is 26.9 Å². The van der Waals surface area contributed by atoms with E-state index in [2.05, 4.69) is 77.4 Å². The van der Waals surface area contributed by atoms with Crippen LogP contribution in [0.15, 0.2) is 34.4 Å². The van der Waals surface area contributed by atoms with Crippen LogP contribution in [0.25, 0.3) is 0 Å². The Kier molecular flexibility index (Phi) is 23.5. The fourth-order valence-corrected chi connectivity index (χ4v) is 1.99. The molecule has 0 bridgehead atoms. The number of halogens is 2. The summed E-state index contributed by atoms with van der Waals surface area (Å²) in [6.07, 6.45) is 11.0. The molecule has 0 fully saturated rings. The quantitative estimate of drug-likeness (QED) is 0.247. The zero-order valence-electron chi connectivity index (χ0n) is 15.2. The molecular weight excluding hydrogens is 538 g/mol. The minimum atomic E-state index is 0. The average molecular weight is 569 g/mol. The predicted molar refractivity (Wildman–Crippen MR) is 104 cm³/mol. The molecule has 0 saturated heterocycles. The van der Waals surface area contributed by atoms with Gasteiger partial charge in [0.2, 0.25) is 0 Å². The SMILES string of the molecule is CC1=[C-]C(C)C=C1C.CC1=[C-]C(C)C=C1C.Cl.Cl.[CH3][GeH][CH3].[Hf]. The second-order valence-electron chi connectivity index (χ2n) is 5.39. The molecule has 0 spiro atoms. The molecule has 1 radical (unpaired) electrons. The van der Waals surface area contributed by atoms with Crippen molar-refractivity contribution in [2.45, 2.75) is 53.1 Å². The van der Waals surface area contributed by atoms with E-state index in [9.17, 15) is 0 Å². The molecule has 0 aliphatic heterocycles. The Balaban J connectivity index is -0.000000112. The summed E-state index contributed by atoms with van der Waals surface area (Å²) < 4.78 is 0. The topological polar surface area (TPSA) is 0 Å². The third-order valence-electron chi connectivity index (χ3n) is 3.07. The van der Waals surface area contributed by atoms with Gasteiger partial charge in [-0.1, -0.05) is 39.5 Å². The predicted octanol–water partition coefficient (Wildman–Crippen LogP) is 6.02. The first-order valence-electron chi connectivity index (χ1n) is 7.13. The van der Waals surface area contributed by atoms with Gasteiger partial charge in [-0.3, -0.25) is 12.2 Å². The Labute approximate surface area is 176 Å². The van der Waals surface area contributed by atoms with Gasteiger partial charge < -0.3 is 0 Å². The van der Waals surface area contributed by atoms with Crippen molar-refractivity contribution in [3.8, 4) is 0 Å². The zero-order chi connectivity index (χ0) is 15.0. The molecule has 4 heteroatoms. The standard InChI is InChI=1S/2C8H11.C2H7Ge.2ClH.Hf/c2*1-6-4-7(2)8(3)5-6;1-3-2;;;/h2*4,6H,1-3H3;3H,1-2H3;2*1H;/q2*-1;;;;. The summed E-state index contributed by atoms with van der Waals surface area (Å²) in [4.78, 5) is 0. The van der Waals surface area contributed by atoms with Gasteiger partial charge in [0.05, 0.1) is 0 Å². The summed E-state index contributed by atoms with van der Waals surface area (Å²) in [5.41, 5.74) is 5.41. The minimum absolute atomic E-state index is 0. The van der Waals surface area contributed by atoms with Crippen molar-refractivity contribution in [3.63, 3.8) is 0 Å². The van der Waals surface area contributed by atoms with Crippen molar-refractivity contribution in [1.29, 1.82) is 0 Å². The second kappa shape index (κ2) is 16.8. The molecule has 0 amide bonds. The van der Waals surface area contributed by atoms with Crippen LogP contribution >= 0.6 is 24.8 Å². The molecule has 2 aliphatic carbocycles. The summed E-state index contributed by atoms with van der Waals surface area (Å²) in [5.74, 6) is 5.66. The molecule has 2 rings (SSSR count). The Bertz CT molecular complexity index is 335. The van der Waals surface area contributed by atoms with E-state index in [0.29, 0.717) is 27.3 Å². The van der Waals surface area contributed by atoms with E-state index < -0.39 is 0 Å². The number of allylic oxidation sites excluding steroid dienone is 8. The van der Waals surface area contributed by atoms with Gasteiger partial charge in [0, 0.05) is 25.8 Å². The Hall–Kier alpha value is 0.953. The van der Waals surface area contributed by atoms with Crippen molar-refractivity contribution >= 4 is 40.2 Å². The van der Waals surface area contributed by atoms with Gasteiger partial charge in [-0.2, -0.15) is 12.2 Å². The first-order valence-corrected chi connectivity index (χ1v) is 12.0. The molecule has 2 atom stereocenters. The van der Waals surface area contributed by atoms with Crippen molar-refractivity contribution in [3.05, 3.63) is 46.6 Å². The van der Waals surface area contributed by atoms with E-state index in [4.69, 9.17) is 0 Å². The maximum Gasteiger partial charge on any atom is 0 e. The smallest absolute Gasteiger partial charge is 0 e. The van der Waals surface area contributed by atoms with Crippen molar-refractivity contribution in [2.75, 3.05) is 0 Å². The van der Waals surface area contributed by atoms with Crippen molar-refractivity contribution in [1.82, 2.24) is 0 Å². The maximum atomic E-state index is 3.29. The van der Waals surface area contributed by atoms with Crippen LogP contribution in [0, 0.1) is 24.0 Å². The van der Waals surface area contributed by atoms with Gasteiger partial charge in [0.25, 0.3) is 0 Å². The van der Waals surface area contributed by atoms with Gasteiger partial charge in [0.1, 0.15) is 0 Å². The molecule has 0 aromatic carbocycles. The van der Waals surface area contributed by atoms with Crippen LogP contribution in [0.4, 0.5) is 0 Å². The first-order chi connectivity index (χ1) is 8.81. The maximum absolute atomic E-state index is 3.29. The Morgan fingerprint density at radius 1 is 0.773 bits per heavy atom. The number of hydrogen-bond donors (Lipinski definition) is 0. The summed E-state index contributed by atoms with van der Waals surface area (Å²) in [7, 11) is 0. The molecular formula is C18H31Cl2GeHf-2. The van der Waals surface area contributed by atoms with Crippen molar-refractivity contribution < 1.29 is 25.8 Å². The van der Waals surface area contributed by atoms with Crippen molar-refractivity contribution in [2.24, 2.45) is 11.8 Å². The third-order valence-corrected chi connectivity index (χ3v) is 3.07. The first kappa shape index (κ1) is 30.8. The van der Waals surface area contributed by atoms with Gasteiger partial charge in [-0.05, 0) is 0 Å². The van der Waals surface area contributed by atoms with Crippen LogP contribution in [-0.2, 0) is 25.8 Å². The van der Waals surface area contributed by atoms with Gasteiger partial charge in [-0.15, -0.1) is 38.7 Å². The van der Waals surface area contributed by atoms with Crippen LogP contribution in [0.2, 0.25) is 11.5 Å². The molecule has 0 heterocycles. The van der Waals surface area contributed by atoms with Gasteiger partial charge in [0.15, 0.2) is 0 Å².